The summed E-state index contributed by atoms with van der Waals surface area (Å²) in [7, 11) is -2.41. The third-order valence-corrected chi connectivity index (χ3v) is 7.57. The number of halogens is 1. The molecule has 0 atom stereocenters. The lowest BCUT2D eigenvalue weighted by Gasteiger charge is -2.23. The summed E-state index contributed by atoms with van der Waals surface area (Å²) in [4.78, 5) is 12.7. The SMILES string of the molecule is C=CCN(c1ccc(OC)cc1)S(=O)(=O)c1ccc(Cl)c(C(=O)NCC2CCCC2)c1. The molecule has 3 rings (SSSR count). The topological polar surface area (TPSA) is 75.7 Å². The van der Waals surface area contributed by atoms with Crippen LogP contribution in [0.1, 0.15) is 36.0 Å². The molecule has 0 saturated heterocycles. The normalized spacial score (nSPS) is 14.3. The molecule has 6 nitrogen and oxygen atoms in total. The minimum atomic E-state index is -3.96. The van der Waals surface area contributed by atoms with Gasteiger partial charge in [-0.25, -0.2) is 8.42 Å². The standard InChI is InChI=1S/C23H27ClN2O4S/c1-3-14-26(18-8-10-19(30-2)11-9-18)31(28,29)20-12-13-22(24)21(15-20)23(27)25-16-17-6-4-5-7-17/h3,8-13,15,17H,1,4-7,14,16H2,2H3,(H,25,27). The summed E-state index contributed by atoms with van der Waals surface area (Å²) in [5.41, 5.74) is 0.608. The first kappa shape index (κ1) is 23.2. The number of hydrogen-bond acceptors (Lipinski definition) is 4. The van der Waals surface area contributed by atoms with Gasteiger partial charge in [0.25, 0.3) is 15.9 Å². The molecule has 0 spiro atoms. The van der Waals surface area contributed by atoms with Crippen molar-refractivity contribution in [1.29, 1.82) is 0 Å². The molecular weight excluding hydrogens is 436 g/mol. The Bertz CT molecular complexity index is 1030. The Hall–Kier alpha value is -2.51. The van der Waals surface area contributed by atoms with Gasteiger partial charge in [-0.2, -0.15) is 0 Å². The maximum absolute atomic E-state index is 13.4. The van der Waals surface area contributed by atoms with Crippen molar-refractivity contribution in [2.75, 3.05) is 24.5 Å². The van der Waals surface area contributed by atoms with Crippen LogP contribution in [0, 0.1) is 5.92 Å². The molecule has 0 bridgehead atoms. The molecule has 166 valence electrons. The molecule has 0 aromatic heterocycles. The lowest BCUT2D eigenvalue weighted by atomic mass is 10.1. The van der Waals surface area contributed by atoms with Crippen LogP contribution >= 0.6 is 11.6 Å². The van der Waals surface area contributed by atoms with Gasteiger partial charge in [-0.15, -0.1) is 6.58 Å². The van der Waals surface area contributed by atoms with Gasteiger partial charge in [0, 0.05) is 6.54 Å². The molecule has 1 aliphatic carbocycles. The lowest BCUT2D eigenvalue weighted by Crippen LogP contribution is -2.32. The fraction of sp³-hybridized carbons (Fsp3) is 0.348. The second-order valence-corrected chi connectivity index (χ2v) is 9.79. The molecule has 0 heterocycles. The van der Waals surface area contributed by atoms with Crippen LogP contribution in [0.4, 0.5) is 5.69 Å². The van der Waals surface area contributed by atoms with E-state index in [1.54, 1.807) is 31.4 Å². The van der Waals surface area contributed by atoms with Gasteiger partial charge in [-0.3, -0.25) is 9.10 Å². The maximum Gasteiger partial charge on any atom is 0.264 e. The van der Waals surface area contributed by atoms with Crippen LogP contribution < -0.4 is 14.4 Å². The summed E-state index contributed by atoms with van der Waals surface area (Å²) in [6.45, 7) is 4.31. The zero-order valence-corrected chi connectivity index (χ0v) is 19.1. The van der Waals surface area contributed by atoms with E-state index in [2.05, 4.69) is 11.9 Å². The number of amides is 1. The average molecular weight is 463 g/mol. The number of benzene rings is 2. The predicted octanol–water partition coefficient (Wildman–Crippen LogP) is 4.65. The summed E-state index contributed by atoms with van der Waals surface area (Å²) in [5.74, 6) is 0.717. The Labute approximate surface area is 188 Å². The van der Waals surface area contributed by atoms with Crippen molar-refractivity contribution < 1.29 is 17.9 Å². The van der Waals surface area contributed by atoms with E-state index in [-0.39, 0.29) is 27.9 Å². The summed E-state index contributed by atoms with van der Waals surface area (Å²) >= 11 is 6.23. The second-order valence-electron chi connectivity index (χ2n) is 7.53. The molecule has 31 heavy (non-hydrogen) atoms. The molecule has 2 aromatic rings. The summed E-state index contributed by atoms with van der Waals surface area (Å²) < 4.78 is 33.2. The van der Waals surface area contributed by atoms with Crippen molar-refractivity contribution in [3.63, 3.8) is 0 Å². The molecule has 2 aromatic carbocycles. The van der Waals surface area contributed by atoms with Crippen LogP contribution in [0.15, 0.2) is 60.0 Å². The van der Waals surface area contributed by atoms with Crippen LogP contribution in [-0.4, -0.2) is 34.5 Å². The Kier molecular flexibility index (Phi) is 7.62. The van der Waals surface area contributed by atoms with Gasteiger partial charge in [0.1, 0.15) is 5.75 Å². The molecule has 0 radical (unpaired) electrons. The summed E-state index contributed by atoms with van der Waals surface area (Å²) in [5, 5.41) is 3.11. The quantitative estimate of drug-likeness (QED) is 0.550. The van der Waals surface area contributed by atoms with Crippen molar-refractivity contribution in [3.8, 4) is 5.75 Å². The number of rotatable bonds is 9. The molecule has 0 aliphatic heterocycles. The molecule has 8 heteroatoms. The highest BCUT2D eigenvalue weighted by molar-refractivity contribution is 7.92. The van der Waals surface area contributed by atoms with E-state index >= 15 is 0 Å². The number of carbonyl (C=O) groups is 1. The van der Waals surface area contributed by atoms with Crippen LogP contribution in [0.25, 0.3) is 0 Å². The van der Waals surface area contributed by atoms with Crippen LogP contribution in [-0.2, 0) is 10.0 Å². The van der Waals surface area contributed by atoms with Gasteiger partial charge in [0.05, 0.1) is 34.8 Å². The highest BCUT2D eigenvalue weighted by Gasteiger charge is 2.26. The smallest absolute Gasteiger partial charge is 0.264 e. The van der Waals surface area contributed by atoms with E-state index in [0.29, 0.717) is 23.9 Å². The van der Waals surface area contributed by atoms with E-state index in [1.165, 1.54) is 41.4 Å². The third kappa shape index (κ3) is 5.40. The Balaban J connectivity index is 1.88. The zero-order chi connectivity index (χ0) is 22.4. The Morgan fingerprint density at radius 2 is 1.90 bits per heavy atom. The van der Waals surface area contributed by atoms with Crippen LogP contribution in [0.3, 0.4) is 0 Å². The molecule has 1 amide bonds. The summed E-state index contributed by atoms with van der Waals surface area (Å²) in [6, 6.07) is 10.9. The highest BCUT2D eigenvalue weighted by atomic mass is 35.5. The third-order valence-electron chi connectivity index (χ3n) is 5.45. The largest absolute Gasteiger partial charge is 0.497 e. The van der Waals surface area contributed by atoms with Gasteiger partial charge in [0.2, 0.25) is 0 Å². The number of ether oxygens (including phenoxy) is 1. The number of methoxy groups -OCH3 is 1. The predicted molar refractivity (Wildman–Crippen MR) is 123 cm³/mol. The zero-order valence-electron chi connectivity index (χ0n) is 17.5. The van der Waals surface area contributed by atoms with Gasteiger partial charge < -0.3 is 10.1 Å². The second kappa shape index (κ2) is 10.2. The minimum Gasteiger partial charge on any atom is -0.497 e. The van der Waals surface area contributed by atoms with E-state index < -0.39 is 10.0 Å². The van der Waals surface area contributed by atoms with Gasteiger partial charge in [-0.05, 0) is 61.2 Å². The number of hydrogen-bond donors (Lipinski definition) is 1. The fourth-order valence-corrected chi connectivity index (χ4v) is 5.39. The van der Waals surface area contributed by atoms with Crippen molar-refractivity contribution in [1.82, 2.24) is 5.32 Å². The first-order valence-corrected chi connectivity index (χ1v) is 12.0. The highest BCUT2D eigenvalue weighted by Crippen LogP contribution is 2.28. The Morgan fingerprint density at radius 3 is 2.52 bits per heavy atom. The van der Waals surface area contributed by atoms with Crippen molar-refractivity contribution in [2.45, 2.75) is 30.6 Å². The first-order valence-electron chi connectivity index (χ1n) is 10.2. The first-order chi connectivity index (χ1) is 14.9. The van der Waals surface area contributed by atoms with E-state index in [0.717, 1.165) is 12.8 Å². The van der Waals surface area contributed by atoms with Gasteiger partial charge in [-0.1, -0.05) is 30.5 Å². The number of sulfonamides is 1. The molecular formula is C23H27ClN2O4S. The van der Waals surface area contributed by atoms with E-state index in [4.69, 9.17) is 16.3 Å². The van der Waals surface area contributed by atoms with E-state index in [9.17, 15) is 13.2 Å². The van der Waals surface area contributed by atoms with Crippen molar-refractivity contribution in [2.24, 2.45) is 5.92 Å². The number of anilines is 1. The Morgan fingerprint density at radius 1 is 1.23 bits per heavy atom. The number of nitrogens with zero attached hydrogens (tertiary/aromatic N) is 1. The van der Waals surface area contributed by atoms with Crippen molar-refractivity contribution in [3.05, 3.63) is 65.7 Å². The number of carbonyl (C=O) groups excluding carboxylic acids is 1. The number of nitrogens with one attached hydrogen (secondary N) is 1. The lowest BCUT2D eigenvalue weighted by molar-refractivity contribution is 0.0947. The molecule has 1 aliphatic rings. The molecule has 0 unspecified atom stereocenters. The average Bonchev–Trinajstić information content (AvgIpc) is 3.29. The fourth-order valence-electron chi connectivity index (χ4n) is 3.72. The summed E-state index contributed by atoms with van der Waals surface area (Å²) in [6.07, 6.45) is 6.06. The van der Waals surface area contributed by atoms with E-state index in [1.807, 2.05) is 0 Å². The van der Waals surface area contributed by atoms with Gasteiger partial charge >= 0.3 is 0 Å². The van der Waals surface area contributed by atoms with Crippen molar-refractivity contribution >= 4 is 33.2 Å². The molecule has 1 saturated carbocycles. The van der Waals surface area contributed by atoms with Crippen LogP contribution in [0.5, 0.6) is 5.75 Å². The van der Waals surface area contributed by atoms with Crippen LogP contribution in [0.2, 0.25) is 5.02 Å². The maximum atomic E-state index is 13.4. The monoisotopic (exact) mass is 462 g/mol. The molecule has 1 N–H and O–H groups in total. The van der Waals surface area contributed by atoms with Gasteiger partial charge in [0.15, 0.2) is 0 Å². The minimum absolute atomic E-state index is 0.0133. The molecule has 1 fully saturated rings.